The minimum Gasteiger partial charge on any atom is -0.289 e. The lowest BCUT2D eigenvalue weighted by Gasteiger charge is -2.06. The monoisotopic (exact) mass is 393 g/mol. The minimum atomic E-state index is -3.31. The molecule has 0 bridgehead atoms. The van der Waals surface area contributed by atoms with Crippen LogP contribution in [0.2, 0.25) is 0 Å². The number of sulfonamides is 1. The van der Waals surface area contributed by atoms with Gasteiger partial charge in [0.05, 0.1) is 5.75 Å². The van der Waals surface area contributed by atoms with Crippen LogP contribution in [0.15, 0.2) is 59.1 Å². The number of allylic oxidation sites excluding steroid dienone is 1. The maximum absolute atomic E-state index is 12.1. The number of anilines is 1. The summed E-state index contributed by atoms with van der Waals surface area (Å²) in [6, 6.07) is 14.0. The van der Waals surface area contributed by atoms with Gasteiger partial charge in [-0.3, -0.25) is 9.52 Å². The summed E-state index contributed by atoms with van der Waals surface area (Å²) in [7, 11) is -3.31. The maximum Gasteiger partial charge on any atom is 0.232 e. The first kappa shape index (κ1) is 17.4. The molecule has 2 aromatic rings. The number of carbonyl (C=O) groups excluding carboxylic acids is 1. The van der Waals surface area contributed by atoms with Gasteiger partial charge in [-0.1, -0.05) is 34.1 Å². The van der Waals surface area contributed by atoms with Crippen molar-refractivity contribution in [2.75, 3.05) is 10.5 Å². The fourth-order valence-electron chi connectivity index (χ4n) is 1.83. The van der Waals surface area contributed by atoms with E-state index in [1.165, 1.54) is 6.08 Å². The molecule has 0 aliphatic heterocycles. The Morgan fingerprint density at radius 2 is 1.87 bits per heavy atom. The van der Waals surface area contributed by atoms with E-state index < -0.39 is 10.0 Å². The first-order valence-corrected chi connectivity index (χ1v) is 9.43. The second kappa shape index (κ2) is 7.57. The number of carbonyl (C=O) groups is 1. The van der Waals surface area contributed by atoms with Gasteiger partial charge in [0, 0.05) is 15.7 Å². The number of rotatable bonds is 6. The zero-order valence-electron chi connectivity index (χ0n) is 12.5. The molecule has 0 aliphatic carbocycles. The molecular weight excluding hydrogens is 378 g/mol. The Kier molecular flexibility index (Phi) is 5.74. The molecule has 0 aliphatic rings. The van der Waals surface area contributed by atoms with Crippen LogP contribution in [0.4, 0.5) is 5.69 Å². The van der Waals surface area contributed by atoms with Crippen molar-refractivity contribution < 1.29 is 13.2 Å². The molecule has 4 nitrogen and oxygen atoms in total. The van der Waals surface area contributed by atoms with E-state index >= 15 is 0 Å². The Bertz CT molecular complexity index is 827. The van der Waals surface area contributed by atoms with Crippen LogP contribution in [0.25, 0.3) is 6.08 Å². The fourth-order valence-corrected chi connectivity index (χ4v) is 2.89. The van der Waals surface area contributed by atoms with Crippen molar-refractivity contribution in [2.24, 2.45) is 0 Å². The van der Waals surface area contributed by atoms with E-state index in [1.54, 1.807) is 37.3 Å². The van der Waals surface area contributed by atoms with Crippen LogP contribution in [0.3, 0.4) is 0 Å². The van der Waals surface area contributed by atoms with Crippen molar-refractivity contribution in [1.29, 1.82) is 0 Å². The van der Waals surface area contributed by atoms with Crippen LogP contribution in [0.5, 0.6) is 0 Å². The smallest absolute Gasteiger partial charge is 0.232 e. The van der Waals surface area contributed by atoms with E-state index in [-0.39, 0.29) is 11.5 Å². The first-order chi connectivity index (χ1) is 10.9. The molecule has 0 saturated heterocycles. The molecule has 1 N–H and O–H groups in total. The molecule has 0 atom stereocenters. The predicted octanol–water partition coefficient (Wildman–Crippen LogP) is 4.11. The van der Waals surface area contributed by atoms with Gasteiger partial charge < -0.3 is 0 Å². The molecule has 0 spiro atoms. The average Bonchev–Trinajstić information content (AvgIpc) is 2.53. The zero-order valence-corrected chi connectivity index (χ0v) is 14.9. The summed E-state index contributed by atoms with van der Waals surface area (Å²) in [5.41, 5.74) is 1.86. The lowest BCUT2D eigenvalue weighted by Crippen LogP contribution is -2.14. The van der Waals surface area contributed by atoms with Crippen molar-refractivity contribution in [3.8, 4) is 0 Å². The summed E-state index contributed by atoms with van der Waals surface area (Å²) >= 11 is 3.38. The Morgan fingerprint density at radius 3 is 2.48 bits per heavy atom. The fraction of sp³-hybridized carbons (Fsp3) is 0.118. The third kappa shape index (κ3) is 5.33. The normalized spacial score (nSPS) is 11.6. The number of hydrogen-bond acceptors (Lipinski definition) is 3. The van der Waals surface area contributed by atoms with Crippen molar-refractivity contribution >= 4 is 43.5 Å². The second-order valence-electron chi connectivity index (χ2n) is 4.84. The highest BCUT2D eigenvalue weighted by atomic mass is 79.9. The largest absolute Gasteiger partial charge is 0.289 e. The maximum atomic E-state index is 12.1. The van der Waals surface area contributed by atoms with Gasteiger partial charge in [0.25, 0.3) is 0 Å². The van der Waals surface area contributed by atoms with E-state index in [9.17, 15) is 13.2 Å². The highest BCUT2D eigenvalue weighted by molar-refractivity contribution is 9.10. The first-order valence-electron chi connectivity index (χ1n) is 6.98. The lowest BCUT2D eigenvalue weighted by atomic mass is 10.1. The summed E-state index contributed by atoms with van der Waals surface area (Å²) < 4.78 is 26.3. The minimum absolute atomic E-state index is 0.00303. The van der Waals surface area contributed by atoms with Gasteiger partial charge in [-0.2, -0.15) is 0 Å². The summed E-state index contributed by atoms with van der Waals surface area (Å²) in [6.45, 7) is 1.56. The van der Waals surface area contributed by atoms with Gasteiger partial charge in [-0.25, -0.2) is 8.42 Å². The van der Waals surface area contributed by atoms with Crippen molar-refractivity contribution in [1.82, 2.24) is 0 Å². The average molecular weight is 394 g/mol. The number of ketones is 1. The Labute approximate surface area is 144 Å². The molecule has 6 heteroatoms. The Hall–Kier alpha value is -1.92. The van der Waals surface area contributed by atoms with E-state index in [0.717, 1.165) is 10.0 Å². The van der Waals surface area contributed by atoms with Gasteiger partial charge >= 0.3 is 0 Å². The molecule has 0 radical (unpaired) electrons. The quantitative estimate of drug-likeness (QED) is 0.593. The predicted molar refractivity (Wildman–Crippen MR) is 97.0 cm³/mol. The lowest BCUT2D eigenvalue weighted by molar-refractivity contribution is 0.104. The standard InChI is InChI=1S/C17H16BrNO3S/c1-2-23(21,22)19-16-9-7-14(8-10-16)17(20)11-6-13-4-3-5-15(18)12-13/h3-12,19H,2H2,1H3/b11-6+. The molecule has 0 unspecified atom stereocenters. The Balaban J connectivity index is 2.08. The van der Waals surface area contributed by atoms with E-state index in [1.807, 2.05) is 24.3 Å². The summed E-state index contributed by atoms with van der Waals surface area (Å²) in [4.78, 5) is 12.1. The SMILES string of the molecule is CCS(=O)(=O)Nc1ccc(C(=O)/C=C/c2cccc(Br)c2)cc1. The summed E-state index contributed by atoms with van der Waals surface area (Å²) in [5.74, 6) is -0.141. The topological polar surface area (TPSA) is 63.2 Å². The van der Waals surface area contributed by atoms with Crippen LogP contribution in [-0.4, -0.2) is 20.0 Å². The molecule has 0 saturated carbocycles. The molecule has 0 fully saturated rings. The van der Waals surface area contributed by atoms with Gasteiger partial charge in [0.1, 0.15) is 0 Å². The molecule has 23 heavy (non-hydrogen) atoms. The highest BCUT2D eigenvalue weighted by Gasteiger charge is 2.07. The number of halogens is 1. The summed E-state index contributed by atoms with van der Waals surface area (Å²) in [5, 5.41) is 0. The number of benzene rings is 2. The van der Waals surface area contributed by atoms with Gasteiger partial charge in [0.15, 0.2) is 5.78 Å². The van der Waals surface area contributed by atoms with Crippen LogP contribution < -0.4 is 4.72 Å². The van der Waals surface area contributed by atoms with Crippen LogP contribution in [0, 0.1) is 0 Å². The highest BCUT2D eigenvalue weighted by Crippen LogP contribution is 2.15. The Morgan fingerprint density at radius 1 is 1.17 bits per heavy atom. The molecular formula is C17H16BrNO3S. The van der Waals surface area contributed by atoms with Crippen LogP contribution in [0.1, 0.15) is 22.8 Å². The second-order valence-corrected chi connectivity index (χ2v) is 7.76. The molecule has 120 valence electrons. The van der Waals surface area contributed by atoms with Crippen molar-refractivity contribution in [3.63, 3.8) is 0 Å². The zero-order chi connectivity index (χ0) is 16.9. The van der Waals surface area contributed by atoms with Crippen LogP contribution in [-0.2, 0) is 10.0 Å². The van der Waals surface area contributed by atoms with Crippen LogP contribution >= 0.6 is 15.9 Å². The third-order valence-electron chi connectivity index (χ3n) is 3.10. The number of nitrogens with one attached hydrogen (secondary N) is 1. The molecule has 0 heterocycles. The van der Waals surface area contributed by atoms with E-state index in [0.29, 0.717) is 11.3 Å². The molecule has 0 aromatic heterocycles. The molecule has 2 rings (SSSR count). The third-order valence-corrected chi connectivity index (χ3v) is 4.90. The van der Waals surface area contributed by atoms with Crippen molar-refractivity contribution in [2.45, 2.75) is 6.92 Å². The number of hydrogen-bond donors (Lipinski definition) is 1. The van der Waals surface area contributed by atoms with E-state index in [4.69, 9.17) is 0 Å². The van der Waals surface area contributed by atoms with E-state index in [2.05, 4.69) is 20.7 Å². The van der Waals surface area contributed by atoms with Gasteiger partial charge in [0.2, 0.25) is 10.0 Å². The summed E-state index contributed by atoms with van der Waals surface area (Å²) in [6.07, 6.45) is 3.23. The molecule has 0 amide bonds. The molecule has 2 aromatic carbocycles. The van der Waals surface area contributed by atoms with Gasteiger partial charge in [-0.15, -0.1) is 0 Å². The van der Waals surface area contributed by atoms with Gasteiger partial charge in [-0.05, 0) is 55.0 Å². The van der Waals surface area contributed by atoms with Crippen molar-refractivity contribution in [3.05, 3.63) is 70.2 Å².